The molecule has 5 heteroatoms. The van der Waals surface area contributed by atoms with Crippen molar-refractivity contribution >= 4 is 16.5 Å². The van der Waals surface area contributed by atoms with E-state index in [1.807, 2.05) is 7.05 Å². The summed E-state index contributed by atoms with van der Waals surface area (Å²) >= 11 is 1.38. The summed E-state index contributed by atoms with van der Waals surface area (Å²) in [6.07, 6.45) is 5.52. The molecule has 0 saturated heterocycles. The minimum atomic E-state index is 0.403. The van der Waals surface area contributed by atoms with Crippen LogP contribution in [0.3, 0.4) is 0 Å². The summed E-state index contributed by atoms with van der Waals surface area (Å²) in [6, 6.07) is 0. The van der Waals surface area contributed by atoms with Gasteiger partial charge < -0.3 is 10.1 Å². The Morgan fingerprint density at radius 1 is 1.44 bits per heavy atom. The molecule has 0 aliphatic heterocycles. The van der Waals surface area contributed by atoms with Gasteiger partial charge in [-0.2, -0.15) is 0 Å². The summed E-state index contributed by atoms with van der Waals surface area (Å²) in [5.41, 5.74) is 0.935. The van der Waals surface area contributed by atoms with Gasteiger partial charge in [0.2, 0.25) is 0 Å². The Morgan fingerprint density at radius 2 is 2.25 bits per heavy atom. The molecule has 2 rings (SSSR count). The predicted molar refractivity (Wildman–Crippen MR) is 65.7 cm³/mol. The second-order valence-corrected chi connectivity index (χ2v) is 5.16. The number of nitrogens with zero attached hydrogens (tertiary/aromatic N) is 2. The molecule has 1 aliphatic carbocycles. The van der Waals surface area contributed by atoms with E-state index in [1.54, 1.807) is 0 Å². The van der Waals surface area contributed by atoms with E-state index in [1.165, 1.54) is 37.2 Å². The third-order valence-electron chi connectivity index (χ3n) is 3.25. The number of ether oxygens (including phenoxy) is 1. The summed E-state index contributed by atoms with van der Waals surface area (Å²) in [5, 5.41) is 8.18. The van der Waals surface area contributed by atoms with E-state index < -0.39 is 0 Å². The van der Waals surface area contributed by atoms with E-state index in [-0.39, 0.29) is 0 Å². The predicted octanol–water partition coefficient (Wildman–Crippen LogP) is 2.68. The molecule has 1 N–H and O–H groups in total. The molecule has 4 nitrogen and oxygen atoms in total. The van der Waals surface area contributed by atoms with Gasteiger partial charge in [-0.25, -0.2) is 0 Å². The highest BCUT2D eigenvalue weighted by molar-refractivity contribution is 7.10. The van der Waals surface area contributed by atoms with Gasteiger partial charge in [-0.3, -0.25) is 0 Å². The van der Waals surface area contributed by atoms with Crippen LogP contribution in [0.2, 0.25) is 0 Å². The minimum absolute atomic E-state index is 0.403. The van der Waals surface area contributed by atoms with Crippen LogP contribution < -0.4 is 5.32 Å². The van der Waals surface area contributed by atoms with Gasteiger partial charge in [0.05, 0.1) is 12.7 Å². The number of hydrogen-bond donors (Lipinski definition) is 1. The Kier molecular flexibility index (Phi) is 4.12. The molecule has 0 radical (unpaired) electrons. The Hall–Kier alpha value is -0.680. The van der Waals surface area contributed by atoms with Gasteiger partial charge in [0.1, 0.15) is 10.7 Å². The summed E-state index contributed by atoms with van der Waals surface area (Å²) in [7, 11) is 1.89. The maximum atomic E-state index is 5.95. The van der Waals surface area contributed by atoms with Crippen LogP contribution in [0.1, 0.15) is 38.3 Å². The van der Waals surface area contributed by atoms with Crippen molar-refractivity contribution in [3.63, 3.8) is 0 Å². The first-order valence-corrected chi connectivity index (χ1v) is 6.69. The van der Waals surface area contributed by atoms with E-state index in [9.17, 15) is 0 Å². The molecular weight excluding hydrogens is 222 g/mol. The van der Waals surface area contributed by atoms with Crippen molar-refractivity contribution in [2.45, 2.75) is 45.3 Å². The Morgan fingerprint density at radius 3 is 3.00 bits per heavy atom. The summed E-state index contributed by atoms with van der Waals surface area (Å²) < 4.78 is 9.87. The topological polar surface area (TPSA) is 47.0 Å². The Labute approximate surface area is 101 Å². The molecule has 0 spiro atoms. The van der Waals surface area contributed by atoms with E-state index >= 15 is 0 Å². The Balaban J connectivity index is 1.86. The number of anilines is 1. The monoisotopic (exact) mass is 241 g/mol. The summed E-state index contributed by atoms with van der Waals surface area (Å²) in [5.74, 6) is 0.679. The first kappa shape index (κ1) is 11.8. The standard InChI is InChI=1S/C11H19N3OS/c1-8-5-3-4-6-10(8)15-7-9-11(12-2)16-14-13-9/h8,10,12H,3-7H2,1-2H3. The van der Waals surface area contributed by atoms with Gasteiger partial charge in [-0.1, -0.05) is 24.3 Å². The molecule has 0 amide bonds. The average molecular weight is 241 g/mol. The van der Waals surface area contributed by atoms with Gasteiger partial charge >= 0.3 is 0 Å². The first-order valence-electron chi connectivity index (χ1n) is 5.92. The lowest BCUT2D eigenvalue weighted by Crippen LogP contribution is -2.25. The quantitative estimate of drug-likeness (QED) is 0.880. The molecule has 16 heavy (non-hydrogen) atoms. The fourth-order valence-electron chi connectivity index (χ4n) is 2.21. The van der Waals surface area contributed by atoms with E-state index in [4.69, 9.17) is 4.74 Å². The minimum Gasteiger partial charge on any atom is -0.377 e. The van der Waals surface area contributed by atoms with Crippen molar-refractivity contribution < 1.29 is 4.74 Å². The fourth-order valence-corrected chi connectivity index (χ4v) is 2.73. The third kappa shape index (κ3) is 2.71. The number of hydrogen-bond acceptors (Lipinski definition) is 5. The zero-order valence-corrected chi connectivity index (χ0v) is 10.7. The molecule has 2 unspecified atom stereocenters. The van der Waals surface area contributed by atoms with Crippen LogP contribution in [0.25, 0.3) is 0 Å². The van der Waals surface area contributed by atoms with Gasteiger partial charge in [0.15, 0.2) is 0 Å². The Bertz CT molecular complexity index is 329. The summed E-state index contributed by atoms with van der Waals surface area (Å²) in [6.45, 7) is 2.86. The molecule has 1 aromatic rings. The SMILES string of the molecule is CNc1snnc1COC1CCCCC1C. The van der Waals surface area contributed by atoms with Crippen molar-refractivity contribution in [1.82, 2.24) is 9.59 Å². The van der Waals surface area contributed by atoms with Gasteiger partial charge in [-0.05, 0) is 18.8 Å². The molecular formula is C11H19N3OS. The van der Waals surface area contributed by atoms with Gasteiger partial charge in [-0.15, -0.1) is 5.10 Å². The normalized spacial score (nSPS) is 25.6. The number of aromatic nitrogens is 2. The van der Waals surface area contributed by atoms with Crippen molar-refractivity contribution in [1.29, 1.82) is 0 Å². The molecule has 1 aromatic heterocycles. The third-order valence-corrected chi connectivity index (χ3v) is 4.04. The van der Waals surface area contributed by atoms with Crippen LogP contribution in [-0.2, 0) is 11.3 Å². The van der Waals surface area contributed by atoms with E-state index in [0.717, 1.165) is 10.7 Å². The molecule has 90 valence electrons. The highest BCUT2D eigenvalue weighted by Gasteiger charge is 2.22. The van der Waals surface area contributed by atoms with Crippen LogP contribution in [0.5, 0.6) is 0 Å². The van der Waals surface area contributed by atoms with Crippen molar-refractivity contribution in [2.24, 2.45) is 5.92 Å². The lowest BCUT2D eigenvalue weighted by Gasteiger charge is -2.28. The largest absolute Gasteiger partial charge is 0.377 e. The van der Waals surface area contributed by atoms with E-state index in [0.29, 0.717) is 18.6 Å². The zero-order valence-electron chi connectivity index (χ0n) is 9.90. The highest BCUT2D eigenvalue weighted by atomic mass is 32.1. The molecule has 0 bridgehead atoms. The zero-order chi connectivity index (χ0) is 11.4. The molecule has 1 aliphatic rings. The smallest absolute Gasteiger partial charge is 0.135 e. The second-order valence-electron chi connectivity index (χ2n) is 4.41. The average Bonchev–Trinajstić information content (AvgIpc) is 2.75. The van der Waals surface area contributed by atoms with Crippen LogP contribution in [0.15, 0.2) is 0 Å². The summed E-state index contributed by atoms with van der Waals surface area (Å²) in [4.78, 5) is 0. The van der Waals surface area contributed by atoms with Crippen molar-refractivity contribution in [3.05, 3.63) is 5.69 Å². The van der Waals surface area contributed by atoms with E-state index in [2.05, 4.69) is 21.8 Å². The van der Waals surface area contributed by atoms with Gasteiger partial charge in [0.25, 0.3) is 0 Å². The van der Waals surface area contributed by atoms with Crippen molar-refractivity contribution in [3.8, 4) is 0 Å². The van der Waals surface area contributed by atoms with Crippen LogP contribution in [-0.4, -0.2) is 22.7 Å². The van der Waals surface area contributed by atoms with Crippen LogP contribution in [0.4, 0.5) is 5.00 Å². The van der Waals surface area contributed by atoms with Crippen molar-refractivity contribution in [2.75, 3.05) is 12.4 Å². The molecule has 1 fully saturated rings. The van der Waals surface area contributed by atoms with Crippen LogP contribution in [0, 0.1) is 5.92 Å². The molecule has 1 saturated carbocycles. The first-order chi connectivity index (χ1) is 7.81. The molecule has 0 aromatic carbocycles. The van der Waals surface area contributed by atoms with Crippen LogP contribution >= 0.6 is 11.5 Å². The lowest BCUT2D eigenvalue weighted by molar-refractivity contribution is -0.0165. The maximum absolute atomic E-state index is 5.95. The molecule has 1 heterocycles. The highest BCUT2D eigenvalue weighted by Crippen LogP contribution is 2.27. The maximum Gasteiger partial charge on any atom is 0.135 e. The fraction of sp³-hybridized carbons (Fsp3) is 0.818. The number of rotatable bonds is 4. The number of nitrogens with one attached hydrogen (secondary N) is 1. The molecule has 2 atom stereocenters. The second kappa shape index (κ2) is 5.59. The lowest BCUT2D eigenvalue weighted by atomic mass is 9.88. The van der Waals surface area contributed by atoms with Gasteiger partial charge in [0, 0.05) is 18.6 Å².